The lowest BCUT2D eigenvalue weighted by molar-refractivity contribution is -0.145. The summed E-state index contributed by atoms with van der Waals surface area (Å²) in [5, 5.41) is 0. The van der Waals surface area contributed by atoms with Gasteiger partial charge in [-0.25, -0.2) is 4.79 Å². The van der Waals surface area contributed by atoms with Gasteiger partial charge in [0.25, 0.3) is 6.47 Å². The molecule has 128 valence electrons. The maximum absolute atomic E-state index is 12.4. The summed E-state index contributed by atoms with van der Waals surface area (Å²) in [6.07, 6.45) is 7.09. The monoisotopic (exact) mass is 339 g/mol. The van der Waals surface area contributed by atoms with Gasteiger partial charge in [-0.1, -0.05) is 0 Å². The molecule has 2 unspecified atom stereocenters. The molecule has 2 atom stereocenters. The fraction of sp³-hybridized carbons (Fsp3) is 0.316. The highest BCUT2D eigenvalue weighted by Gasteiger charge is 2.47. The third-order valence-corrected chi connectivity index (χ3v) is 4.92. The number of carbonyl (C=O) groups is 1. The highest BCUT2D eigenvalue weighted by atomic mass is 16.6. The summed E-state index contributed by atoms with van der Waals surface area (Å²) < 4.78 is 16.9. The lowest BCUT2D eigenvalue weighted by atomic mass is 9.77. The Morgan fingerprint density at radius 3 is 3.08 bits per heavy atom. The average Bonchev–Trinajstić information content (AvgIpc) is 2.62. The molecule has 0 radical (unpaired) electrons. The van der Waals surface area contributed by atoms with Crippen LogP contribution in [0, 0.1) is 0 Å². The Morgan fingerprint density at radius 2 is 2.32 bits per heavy atom. The summed E-state index contributed by atoms with van der Waals surface area (Å²) in [5.74, 6) is 0.823. The van der Waals surface area contributed by atoms with Crippen LogP contribution in [0.3, 0.4) is 0 Å². The Bertz CT molecular complexity index is 902. The number of pyridine rings is 1. The fourth-order valence-electron chi connectivity index (χ4n) is 3.57. The molecule has 6 nitrogen and oxygen atoms in total. The van der Waals surface area contributed by atoms with E-state index in [1.54, 1.807) is 24.5 Å². The molecule has 0 amide bonds. The topological polar surface area (TPSA) is 78.6 Å². The van der Waals surface area contributed by atoms with Gasteiger partial charge in [-0.15, -0.1) is 0 Å². The highest BCUT2D eigenvalue weighted by molar-refractivity contribution is 5.68. The predicted molar refractivity (Wildman–Crippen MR) is 90.0 cm³/mol. The Kier molecular flexibility index (Phi) is 3.67. The van der Waals surface area contributed by atoms with E-state index in [4.69, 9.17) is 13.9 Å². The summed E-state index contributed by atoms with van der Waals surface area (Å²) in [5.41, 5.74) is 0.803. The van der Waals surface area contributed by atoms with Gasteiger partial charge in [-0.3, -0.25) is 9.78 Å². The first kappa shape index (κ1) is 15.6. The van der Waals surface area contributed by atoms with Gasteiger partial charge in [0, 0.05) is 24.0 Å². The molecule has 1 aliphatic carbocycles. The zero-order chi connectivity index (χ0) is 17.4. The number of nitrogens with zero attached hydrogens (tertiary/aromatic N) is 1. The molecule has 2 aromatic heterocycles. The van der Waals surface area contributed by atoms with E-state index in [0.29, 0.717) is 29.1 Å². The number of rotatable bonds is 3. The van der Waals surface area contributed by atoms with Crippen LogP contribution in [0.15, 0.2) is 45.4 Å². The molecule has 2 aromatic rings. The van der Waals surface area contributed by atoms with Crippen molar-refractivity contribution in [2.45, 2.75) is 37.9 Å². The van der Waals surface area contributed by atoms with Crippen molar-refractivity contribution in [3.63, 3.8) is 0 Å². The zero-order valence-corrected chi connectivity index (χ0v) is 13.7. The Labute approximate surface area is 144 Å². The number of aromatic nitrogens is 1. The second kappa shape index (κ2) is 5.88. The Hall–Kier alpha value is -2.89. The first-order valence-electron chi connectivity index (χ1n) is 8.19. The molecule has 1 aliphatic heterocycles. The van der Waals surface area contributed by atoms with Crippen LogP contribution in [0.4, 0.5) is 0 Å². The van der Waals surface area contributed by atoms with Crippen molar-refractivity contribution in [2.24, 2.45) is 0 Å². The summed E-state index contributed by atoms with van der Waals surface area (Å²) in [6, 6.07) is 5.27. The number of hydrogen-bond donors (Lipinski definition) is 0. The summed E-state index contributed by atoms with van der Waals surface area (Å²) >= 11 is 0. The van der Waals surface area contributed by atoms with Crippen LogP contribution in [-0.2, 0) is 9.53 Å². The van der Waals surface area contributed by atoms with Crippen molar-refractivity contribution in [2.75, 3.05) is 0 Å². The minimum absolute atomic E-state index is 0.382. The third kappa shape index (κ3) is 2.54. The van der Waals surface area contributed by atoms with Crippen molar-refractivity contribution in [3.05, 3.63) is 52.1 Å². The van der Waals surface area contributed by atoms with E-state index in [0.717, 1.165) is 24.8 Å². The maximum atomic E-state index is 12.4. The van der Waals surface area contributed by atoms with Gasteiger partial charge >= 0.3 is 5.63 Å². The molecule has 0 saturated heterocycles. The molecule has 1 saturated carbocycles. The van der Waals surface area contributed by atoms with Crippen LogP contribution in [0.1, 0.15) is 31.7 Å². The van der Waals surface area contributed by atoms with E-state index in [1.165, 1.54) is 0 Å². The van der Waals surface area contributed by atoms with Crippen LogP contribution < -0.4 is 10.4 Å². The van der Waals surface area contributed by atoms with Crippen LogP contribution in [0.2, 0.25) is 0 Å². The molecule has 0 spiro atoms. The van der Waals surface area contributed by atoms with E-state index in [1.807, 2.05) is 19.1 Å². The van der Waals surface area contributed by atoms with E-state index >= 15 is 0 Å². The van der Waals surface area contributed by atoms with Gasteiger partial charge in [0.15, 0.2) is 5.60 Å². The number of fused-ring (bicyclic) bond motifs is 2. The van der Waals surface area contributed by atoms with Gasteiger partial charge in [0.1, 0.15) is 23.2 Å². The third-order valence-electron chi connectivity index (χ3n) is 4.92. The van der Waals surface area contributed by atoms with Crippen LogP contribution >= 0.6 is 0 Å². The van der Waals surface area contributed by atoms with Crippen LogP contribution in [-0.4, -0.2) is 23.2 Å². The predicted octanol–water partition coefficient (Wildman–Crippen LogP) is 2.96. The summed E-state index contributed by atoms with van der Waals surface area (Å²) in [6.45, 7) is 2.35. The molecule has 3 heterocycles. The normalized spacial score (nSPS) is 24.4. The molecule has 4 rings (SSSR count). The van der Waals surface area contributed by atoms with Crippen LogP contribution in [0.5, 0.6) is 5.75 Å². The van der Waals surface area contributed by atoms with Crippen molar-refractivity contribution in [1.82, 2.24) is 4.98 Å². The van der Waals surface area contributed by atoms with E-state index in [-0.39, 0.29) is 6.10 Å². The molecule has 0 N–H and O–H groups in total. The molecule has 25 heavy (non-hydrogen) atoms. The largest absolute Gasteiger partial charge is 0.478 e. The second-order valence-electron chi connectivity index (χ2n) is 6.41. The highest BCUT2D eigenvalue weighted by Crippen LogP contribution is 2.44. The smallest absolute Gasteiger partial charge is 0.347 e. The molecule has 0 bridgehead atoms. The second-order valence-corrected chi connectivity index (χ2v) is 6.41. The van der Waals surface area contributed by atoms with Crippen molar-refractivity contribution < 1.29 is 18.7 Å². The first-order valence-corrected chi connectivity index (χ1v) is 8.19. The standard InChI is InChI=1S/C19H17NO5/c1-19-13(5-2-6-17(19)23-11-21)8-14-16(25-19)9-15(24-18(14)22)12-4-3-7-20-10-12/h3-4,7-11,17H,2,5-6H2,1H3. The minimum Gasteiger partial charge on any atom is -0.478 e. The van der Waals surface area contributed by atoms with Crippen LogP contribution in [0.25, 0.3) is 17.4 Å². The van der Waals surface area contributed by atoms with Gasteiger partial charge < -0.3 is 13.9 Å². The Morgan fingerprint density at radius 1 is 1.44 bits per heavy atom. The van der Waals surface area contributed by atoms with Gasteiger partial charge in [-0.05, 0) is 50.0 Å². The molecule has 6 heteroatoms. The van der Waals surface area contributed by atoms with Gasteiger partial charge in [0.2, 0.25) is 0 Å². The van der Waals surface area contributed by atoms with Gasteiger partial charge in [-0.2, -0.15) is 0 Å². The van der Waals surface area contributed by atoms with E-state index in [9.17, 15) is 9.59 Å². The average molecular weight is 339 g/mol. The quantitative estimate of drug-likeness (QED) is 0.800. The lowest BCUT2D eigenvalue weighted by Crippen LogP contribution is -2.51. The minimum atomic E-state index is -0.772. The first-order chi connectivity index (χ1) is 12.1. The zero-order valence-electron chi connectivity index (χ0n) is 13.7. The molecule has 2 aliphatic rings. The number of ether oxygens (including phenoxy) is 2. The molecular weight excluding hydrogens is 322 g/mol. The van der Waals surface area contributed by atoms with E-state index < -0.39 is 11.2 Å². The van der Waals surface area contributed by atoms with Crippen molar-refractivity contribution >= 4 is 12.5 Å². The SMILES string of the molecule is CC12Oc3cc(-c4cccnc4)oc(=O)c3C=C1CCCC2OC=O. The maximum Gasteiger partial charge on any atom is 0.347 e. The lowest BCUT2D eigenvalue weighted by Gasteiger charge is -2.44. The van der Waals surface area contributed by atoms with Crippen molar-refractivity contribution in [3.8, 4) is 17.1 Å². The fourth-order valence-corrected chi connectivity index (χ4v) is 3.57. The van der Waals surface area contributed by atoms with E-state index in [2.05, 4.69) is 4.98 Å². The summed E-state index contributed by atoms with van der Waals surface area (Å²) in [7, 11) is 0. The van der Waals surface area contributed by atoms with Crippen molar-refractivity contribution in [1.29, 1.82) is 0 Å². The van der Waals surface area contributed by atoms with Gasteiger partial charge in [0.05, 0.1) is 0 Å². The molecule has 1 fully saturated rings. The Balaban J connectivity index is 1.82. The molecule has 0 aromatic carbocycles. The number of carbonyl (C=O) groups excluding carboxylic acids is 1. The molecular formula is C19H17NO5. The number of hydrogen-bond acceptors (Lipinski definition) is 6. The summed E-state index contributed by atoms with van der Waals surface area (Å²) in [4.78, 5) is 27.3.